The van der Waals surface area contributed by atoms with E-state index in [1.54, 1.807) is 0 Å². The second-order valence-corrected chi connectivity index (χ2v) is 3.13. The van der Waals surface area contributed by atoms with Crippen LogP contribution in [0.4, 0.5) is 0 Å². The zero-order valence-corrected chi connectivity index (χ0v) is 7.56. The Morgan fingerprint density at radius 2 is 1.80 bits per heavy atom. The van der Waals surface area contributed by atoms with E-state index in [9.17, 15) is 0 Å². The van der Waals surface area contributed by atoms with Crippen LogP contribution in [0.15, 0.2) is 12.7 Å². The van der Waals surface area contributed by atoms with Crippen LogP contribution in [0, 0.1) is 11.8 Å². The summed E-state index contributed by atoms with van der Waals surface area (Å²) in [7, 11) is 0. The molecule has 0 heteroatoms. The van der Waals surface area contributed by atoms with Gasteiger partial charge in [-0.2, -0.15) is 0 Å². The lowest BCUT2D eigenvalue weighted by molar-refractivity contribution is 0.409. The molecular formula is C10H20. The van der Waals surface area contributed by atoms with E-state index in [2.05, 4.69) is 33.4 Å². The van der Waals surface area contributed by atoms with Crippen LogP contribution in [0.25, 0.3) is 0 Å². The molecule has 0 N–H and O–H groups in total. The van der Waals surface area contributed by atoms with Crippen molar-refractivity contribution in [1.29, 1.82) is 0 Å². The fraction of sp³-hybridized carbons (Fsp3) is 0.800. The first-order chi connectivity index (χ1) is 4.74. The molecule has 0 aromatic carbocycles. The fourth-order valence-corrected chi connectivity index (χ4v) is 1.24. The second-order valence-electron chi connectivity index (χ2n) is 3.13. The van der Waals surface area contributed by atoms with E-state index in [0.29, 0.717) is 5.92 Å². The van der Waals surface area contributed by atoms with Crippen molar-refractivity contribution >= 4 is 0 Å². The van der Waals surface area contributed by atoms with Crippen LogP contribution in [0.1, 0.15) is 40.0 Å². The molecule has 0 nitrogen and oxygen atoms in total. The molecule has 0 aliphatic heterocycles. The van der Waals surface area contributed by atoms with Gasteiger partial charge in [-0.25, -0.2) is 0 Å². The van der Waals surface area contributed by atoms with Crippen LogP contribution in [0.2, 0.25) is 0 Å². The first-order valence-corrected chi connectivity index (χ1v) is 4.37. The highest BCUT2D eigenvalue weighted by atomic mass is 14.1. The fourth-order valence-electron chi connectivity index (χ4n) is 1.24. The normalized spacial score (nSPS) is 13.6. The SMILES string of the molecule is C=CC(C)CC(CC)CC. The molecule has 1 atom stereocenters. The lowest BCUT2D eigenvalue weighted by Gasteiger charge is -2.14. The van der Waals surface area contributed by atoms with Gasteiger partial charge in [0.1, 0.15) is 0 Å². The van der Waals surface area contributed by atoms with Gasteiger partial charge in [0, 0.05) is 0 Å². The summed E-state index contributed by atoms with van der Waals surface area (Å²) in [6.45, 7) is 10.6. The molecule has 0 aliphatic carbocycles. The third-order valence-corrected chi connectivity index (χ3v) is 2.26. The predicted molar refractivity (Wildman–Crippen MR) is 48.1 cm³/mol. The van der Waals surface area contributed by atoms with Crippen LogP contribution < -0.4 is 0 Å². The first kappa shape index (κ1) is 9.74. The van der Waals surface area contributed by atoms with Crippen molar-refractivity contribution < 1.29 is 0 Å². The molecule has 0 aromatic rings. The predicted octanol–water partition coefficient (Wildman–Crippen LogP) is 3.63. The standard InChI is InChI=1S/C10H20/c1-5-9(4)8-10(6-2)7-3/h5,9-10H,1,6-8H2,2-4H3. The van der Waals surface area contributed by atoms with Gasteiger partial charge in [-0.3, -0.25) is 0 Å². The second kappa shape index (κ2) is 5.52. The third kappa shape index (κ3) is 3.71. The molecule has 1 unspecified atom stereocenters. The molecular weight excluding hydrogens is 120 g/mol. The van der Waals surface area contributed by atoms with E-state index in [0.717, 1.165) is 5.92 Å². The van der Waals surface area contributed by atoms with Gasteiger partial charge in [-0.15, -0.1) is 6.58 Å². The van der Waals surface area contributed by atoms with Crippen LogP contribution in [0.3, 0.4) is 0 Å². The Kier molecular flexibility index (Phi) is 5.38. The lowest BCUT2D eigenvalue weighted by atomic mass is 9.92. The van der Waals surface area contributed by atoms with Gasteiger partial charge >= 0.3 is 0 Å². The van der Waals surface area contributed by atoms with Crippen molar-refractivity contribution in [2.75, 3.05) is 0 Å². The summed E-state index contributed by atoms with van der Waals surface area (Å²) in [6, 6.07) is 0. The molecule has 10 heavy (non-hydrogen) atoms. The van der Waals surface area contributed by atoms with Gasteiger partial charge in [-0.05, 0) is 18.3 Å². The molecule has 0 saturated heterocycles. The average molecular weight is 140 g/mol. The van der Waals surface area contributed by atoms with E-state index < -0.39 is 0 Å². The molecule has 0 fully saturated rings. The summed E-state index contributed by atoms with van der Waals surface area (Å²) < 4.78 is 0. The molecule has 0 aliphatic rings. The van der Waals surface area contributed by atoms with Crippen molar-refractivity contribution in [1.82, 2.24) is 0 Å². The van der Waals surface area contributed by atoms with Crippen LogP contribution >= 0.6 is 0 Å². The topological polar surface area (TPSA) is 0 Å². The Morgan fingerprint density at radius 1 is 1.30 bits per heavy atom. The van der Waals surface area contributed by atoms with Crippen molar-refractivity contribution in [2.45, 2.75) is 40.0 Å². The zero-order chi connectivity index (χ0) is 7.98. The summed E-state index contributed by atoms with van der Waals surface area (Å²) in [4.78, 5) is 0. The molecule has 0 rings (SSSR count). The first-order valence-electron chi connectivity index (χ1n) is 4.37. The largest absolute Gasteiger partial charge is 0.103 e. The highest BCUT2D eigenvalue weighted by Gasteiger charge is 2.05. The minimum absolute atomic E-state index is 0.699. The number of allylic oxidation sites excluding steroid dienone is 1. The van der Waals surface area contributed by atoms with E-state index >= 15 is 0 Å². The molecule has 0 amide bonds. The summed E-state index contributed by atoms with van der Waals surface area (Å²) in [5.74, 6) is 1.61. The van der Waals surface area contributed by atoms with Gasteiger partial charge in [0.05, 0.1) is 0 Å². The van der Waals surface area contributed by atoms with E-state index in [-0.39, 0.29) is 0 Å². The Labute approximate surface area is 65.3 Å². The zero-order valence-electron chi connectivity index (χ0n) is 7.56. The molecule has 0 radical (unpaired) electrons. The number of hydrogen-bond acceptors (Lipinski definition) is 0. The van der Waals surface area contributed by atoms with E-state index in [4.69, 9.17) is 0 Å². The van der Waals surface area contributed by atoms with Crippen LogP contribution in [-0.2, 0) is 0 Å². The number of rotatable bonds is 5. The Bertz CT molecular complexity index is 80.0. The molecule has 0 spiro atoms. The van der Waals surface area contributed by atoms with Crippen LogP contribution in [0.5, 0.6) is 0 Å². The summed E-state index contributed by atoms with van der Waals surface area (Å²) >= 11 is 0. The van der Waals surface area contributed by atoms with Gasteiger partial charge in [-0.1, -0.05) is 39.7 Å². The summed E-state index contributed by atoms with van der Waals surface area (Å²) in [5, 5.41) is 0. The van der Waals surface area contributed by atoms with Gasteiger partial charge in [0.25, 0.3) is 0 Å². The molecule has 0 aromatic heterocycles. The van der Waals surface area contributed by atoms with Gasteiger partial charge in [0.2, 0.25) is 0 Å². The van der Waals surface area contributed by atoms with E-state index in [1.165, 1.54) is 19.3 Å². The maximum Gasteiger partial charge on any atom is -0.0262 e. The highest BCUT2D eigenvalue weighted by molar-refractivity contribution is 4.76. The number of hydrogen-bond donors (Lipinski definition) is 0. The lowest BCUT2D eigenvalue weighted by Crippen LogP contribution is -2.01. The molecule has 60 valence electrons. The quantitative estimate of drug-likeness (QED) is 0.511. The average Bonchev–Trinajstić information content (AvgIpc) is 1.99. The van der Waals surface area contributed by atoms with Crippen molar-refractivity contribution in [3.05, 3.63) is 12.7 Å². The van der Waals surface area contributed by atoms with Crippen molar-refractivity contribution in [3.63, 3.8) is 0 Å². The van der Waals surface area contributed by atoms with Gasteiger partial charge < -0.3 is 0 Å². The van der Waals surface area contributed by atoms with Crippen molar-refractivity contribution in [2.24, 2.45) is 11.8 Å². The minimum Gasteiger partial charge on any atom is -0.103 e. The molecule has 0 heterocycles. The molecule has 0 saturated carbocycles. The maximum atomic E-state index is 3.78. The summed E-state index contributed by atoms with van der Waals surface area (Å²) in [6.07, 6.45) is 6.00. The smallest absolute Gasteiger partial charge is 0.0262 e. The Morgan fingerprint density at radius 3 is 2.10 bits per heavy atom. The molecule has 0 bridgehead atoms. The van der Waals surface area contributed by atoms with Crippen molar-refractivity contribution in [3.8, 4) is 0 Å². The van der Waals surface area contributed by atoms with Crippen LogP contribution in [-0.4, -0.2) is 0 Å². The highest BCUT2D eigenvalue weighted by Crippen LogP contribution is 2.18. The third-order valence-electron chi connectivity index (χ3n) is 2.26. The van der Waals surface area contributed by atoms with E-state index in [1.807, 2.05) is 0 Å². The van der Waals surface area contributed by atoms with Gasteiger partial charge in [0.15, 0.2) is 0 Å². The maximum absolute atomic E-state index is 3.78. The monoisotopic (exact) mass is 140 g/mol. The Balaban J connectivity index is 3.51. The Hall–Kier alpha value is -0.260. The summed E-state index contributed by atoms with van der Waals surface area (Å²) in [5.41, 5.74) is 0. The minimum atomic E-state index is 0.699.